The molecule has 464 valence electrons. The van der Waals surface area contributed by atoms with Gasteiger partial charge < -0.3 is 40.3 Å². The zero-order valence-corrected chi connectivity index (χ0v) is 51.9. The first-order valence-corrected chi connectivity index (χ1v) is 34.4. The second-order valence-electron chi connectivity index (χ2n) is 24.0. The highest BCUT2D eigenvalue weighted by molar-refractivity contribution is 5.76. The van der Waals surface area contributed by atoms with Crippen LogP contribution in [0.3, 0.4) is 0 Å². The summed E-state index contributed by atoms with van der Waals surface area (Å²) in [7, 11) is 0. The normalized spacial score (nSPS) is 18.8. The molecule has 0 bridgehead atoms. The van der Waals surface area contributed by atoms with Crippen molar-refractivity contribution in [3.8, 4) is 0 Å². The van der Waals surface area contributed by atoms with Gasteiger partial charge in [0.05, 0.1) is 25.4 Å². The van der Waals surface area contributed by atoms with E-state index in [-0.39, 0.29) is 12.5 Å². The van der Waals surface area contributed by atoms with Crippen molar-refractivity contribution in [3.63, 3.8) is 0 Å². The van der Waals surface area contributed by atoms with Crippen LogP contribution < -0.4 is 5.32 Å². The van der Waals surface area contributed by atoms with Crippen molar-refractivity contribution in [2.24, 2.45) is 0 Å². The second-order valence-corrected chi connectivity index (χ2v) is 24.0. The number of unbranched alkanes of at least 4 members (excludes halogenated alkanes) is 44. The average Bonchev–Trinajstić information content (AvgIpc) is 3.47. The van der Waals surface area contributed by atoms with Gasteiger partial charge in [0.2, 0.25) is 5.91 Å². The molecule has 1 aliphatic heterocycles. The van der Waals surface area contributed by atoms with Crippen LogP contribution in [0.2, 0.25) is 0 Å². The molecule has 7 atom stereocenters. The molecule has 1 heterocycles. The minimum Gasteiger partial charge on any atom is -0.394 e. The standard InChI is InChI=1S/C70H131NO8/c1-3-5-7-9-11-13-15-17-19-21-23-25-27-28-29-30-31-32-33-34-35-36-38-40-42-44-46-48-50-52-54-56-58-60-66(74)71-63(62-78-70-69(77)68(76)67(75)65(61-72)79-70)64(73)59-57-55-53-51-49-47-45-43-41-39-37-26-24-22-20-18-16-14-12-10-8-6-4-2/h15,17,21,23,49,51,57,59,63-65,67-70,72-73,75-77H,3-14,16,18-20,22,24-48,50,52-56,58,60-62H2,1-2H3,(H,71,74)/b17-15-,23-21-,51-49+,59-57+. The Bertz CT molecular complexity index is 1380. The predicted octanol–water partition coefficient (Wildman–Crippen LogP) is 18.4. The average molecular weight is 1110 g/mol. The van der Waals surface area contributed by atoms with Crippen molar-refractivity contribution in [1.82, 2.24) is 5.32 Å². The molecular weight excluding hydrogens is 983 g/mol. The highest BCUT2D eigenvalue weighted by Gasteiger charge is 2.44. The summed E-state index contributed by atoms with van der Waals surface area (Å²) < 4.78 is 11.3. The highest BCUT2D eigenvalue weighted by Crippen LogP contribution is 2.23. The maximum absolute atomic E-state index is 13.1. The zero-order chi connectivity index (χ0) is 57.2. The first-order valence-electron chi connectivity index (χ1n) is 34.4. The summed E-state index contributed by atoms with van der Waals surface area (Å²) in [6, 6.07) is -0.822. The first kappa shape index (κ1) is 75.2. The Labute approximate surface area is 488 Å². The van der Waals surface area contributed by atoms with Gasteiger partial charge in [-0.25, -0.2) is 0 Å². The van der Waals surface area contributed by atoms with Gasteiger partial charge in [-0.15, -0.1) is 0 Å². The second kappa shape index (κ2) is 59.3. The van der Waals surface area contributed by atoms with E-state index in [4.69, 9.17) is 9.47 Å². The molecule has 1 rings (SSSR count). The first-order chi connectivity index (χ1) is 38.8. The Kier molecular flexibility index (Phi) is 56.4. The molecule has 9 heteroatoms. The van der Waals surface area contributed by atoms with Gasteiger partial charge in [0.1, 0.15) is 24.4 Å². The summed E-state index contributed by atoms with van der Waals surface area (Å²) in [5.74, 6) is -0.181. The van der Waals surface area contributed by atoms with Gasteiger partial charge in [-0.2, -0.15) is 0 Å². The number of carbonyl (C=O) groups is 1. The van der Waals surface area contributed by atoms with Crippen LogP contribution in [0, 0.1) is 0 Å². The molecule has 0 spiro atoms. The van der Waals surface area contributed by atoms with Crippen LogP contribution in [0.1, 0.15) is 335 Å². The molecule has 79 heavy (non-hydrogen) atoms. The molecule has 0 aromatic carbocycles. The van der Waals surface area contributed by atoms with Crippen LogP contribution in [-0.2, 0) is 14.3 Å². The SMILES string of the molecule is CCCCCCC/C=C\C/C=C\CCCCCCCCCCCCCCCCCCCCCCCC(=O)NC(COC1OC(CO)C(O)C(O)C1O)C(O)/C=C/CC/C=C/CCCCCCCCCCCCCCCCCCC. The van der Waals surface area contributed by atoms with Gasteiger partial charge in [-0.1, -0.05) is 313 Å². The van der Waals surface area contributed by atoms with Crippen LogP contribution in [0.5, 0.6) is 0 Å². The van der Waals surface area contributed by atoms with E-state index in [1.165, 1.54) is 270 Å². The van der Waals surface area contributed by atoms with Gasteiger partial charge in [-0.3, -0.25) is 4.79 Å². The molecule has 1 saturated heterocycles. The minimum atomic E-state index is -1.57. The highest BCUT2D eigenvalue weighted by atomic mass is 16.7. The van der Waals surface area contributed by atoms with Crippen molar-refractivity contribution in [2.45, 2.75) is 378 Å². The number of aliphatic hydroxyl groups is 5. The molecule has 9 nitrogen and oxygen atoms in total. The third kappa shape index (κ3) is 48.3. The van der Waals surface area contributed by atoms with Crippen molar-refractivity contribution in [3.05, 3.63) is 48.6 Å². The minimum absolute atomic E-state index is 0.181. The maximum atomic E-state index is 13.1. The fourth-order valence-corrected chi connectivity index (χ4v) is 11.0. The number of aliphatic hydroxyl groups excluding tert-OH is 5. The molecule has 1 amide bonds. The van der Waals surface area contributed by atoms with E-state index in [2.05, 4.69) is 55.6 Å². The van der Waals surface area contributed by atoms with E-state index in [0.29, 0.717) is 6.42 Å². The summed E-state index contributed by atoms with van der Waals surface area (Å²) in [4.78, 5) is 13.1. The van der Waals surface area contributed by atoms with Crippen molar-refractivity contribution in [1.29, 1.82) is 0 Å². The Morgan fingerprint density at radius 2 is 0.759 bits per heavy atom. The fourth-order valence-electron chi connectivity index (χ4n) is 11.0. The number of allylic oxidation sites excluding steroid dienone is 7. The molecule has 0 aliphatic carbocycles. The fraction of sp³-hybridized carbons (Fsp3) is 0.871. The number of hydrogen-bond donors (Lipinski definition) is 6. The number of hydrogen-bond acceptors (Lipinski definition) is 8. The third-order valence-corrected chi connectivity index (χ3v) is 16.4. The van der Waals surface area contributed by atoms with E-state index < -0.39 is 49.5 Å². The van der Waals surface area contributed by atoms with E-state index in [9.17, 15) is 30.3 Å². The lowest BCUT2D eigenvalue weighted by atomic mass is 9.99. The van der Waals surface area contributed by atoms with Crippen molar-refractivity contribution < 1.29 is 39.8 Å². The Balaban J connectivity index is 2.13. The number of ether oxygens (including phenoxy) is 2. The van der Waals surface area contributed by atoms with Gasteiger partial charge >= 0.3 is 0 Å². The molecular formula is C70H131NO8. The Morgan fingerprint density at radius 3 is 1.14 bits per heavy atom. The maximum Gasteiger partial charge on any atom is 0.220 e. The van der Waals surface area contributed by atoms with Crippen LogP contribution in [0.4, 0.5) is 0 Å². The number of nitrogens with one attached hydrogen (secondary N) is 1. The van der Waals surface area contributed by atoms with Crippen molar-refractivity contribution in [2.75, 3.05) is 13.2 Å². The lowest BCUT2D eigenvalue weighted by molar-refractivity contribution is -0.302. The van der Waals surface area contributed by atoms with E-state index >= 15 is 0 Å². The molecule has 1 fully saturated rings. The molecule has 7 unspecified atom stereocenters. The molecule has 0 aromatic rings. The third-order valence-electron chi connectivity index (χ3n) is 16.4. The topological polar surface area (TPSA) is 149 Å². The van der Waals surface area contributed by atoms with Crippen molar-refractivity contribution >= 4 is 5.91 Å². The van der Waals surface area contributed by atoms with Crippen LogP contribution >= 0.6 is 0 Å². The van der Waals surface area contributed by atoms with Gasteiger partial charge in [0.25, 0.3) is 0 Å². The van der Waals surface area contributed by atoms with Gasteiger partial charge in [0.15, 0.2) is 6.29 Å². The Morgan fingerprint density at radius 1 is 0.430 bits per heavy atom. The predicted molar refractivity (Wildman–Crippen MR) is 336 cm³/mol. The number of rotatable bonds is 60. The lowest BCUT2D eigenvalue weighted by Crippen LogP contribution is -2.60. The smallest absolute Gasteiger partial charge is 0.220 e. The summed E-state index contributed by atoms with van der Waals surface area (Å²) in [6.07, 6.45) is 73.6. The molecule has 0 aromatic heterocycles. The van der Waals surface area contributed by atoms with Crippen LogP contribution in [-0.4, -0.2) is 87.5 Å². The Hall–Kier alpha value is -1.85. The quantitative estimate of drug-likeness (QED) is 0.0261. The molecule has 0 radical (unpaired) electrons. The van der Waals surface area contributed by atoms with E-state index in [1.54, 1.807) is 6.08 Å². The largest absolute Gasteiger partial charge is 0.394 e. The molecule has 0 saturated carbocycles. The van der Waals surface area contributed by atoms with Crippen LogP contribution in [0.15, 0.2) is 48.6 Å². The lowest BCUT2D eigenvalue weighted by Gasteiger charge is -2.40. The summed E-state index contributed by atoms with van der Waals surface area (Å²) in [5, 5.41) is 54.7. The number of amides is 1. The summed E-state index contributed by atoms with van der Waals surface area (Å²) in [5.41, 5.74) is 0. The summed E-state index contributed by atoms with van der Waals surface area (Å²) >= 11 is 0. The molecule has 1 aliphatic rings. The van der Waals surface area contributed by atoms with Gasteiger partial charge in [-0.05, 0) is 64.2 Å². The number of carbonyl (C=O) groups excluding carboxylic acids is 1. The summed E-state index contributed by atoms with van der Waals surface area (Å²) in [6.45, 7) is 3.80. The van der Waals surface area contributed by atoms with E-state index in [1.807, 2.05) is 6.08 Å². The van der Waals surface area contributed by atoms with Crippen LogP contribution in [0.25, 0.3) is 0 Å². The monoisotopic (exact) mass is 1110 g/mol. The van der Waals surface area contributed by atoms with E-state index in [0.717, 1.165) is 44.9 Å². The molecule has 6 N–H and O–H groups in total. The zero-order valence-electron chi connectivity index (χ0n) is 51.9. The van der Waals surface area contributed by atoms with Gasteiger partial charge in [0, 0.05) is 6.42 Å².